The van der Waals surface area contributed by atoms with Crippen LogP contribution in [0.5, 0.6) is 0 Å². The van der Waals surface area contributed by atoms with Gasteiger partial charge in [-0.05, 0) is 26.2 Å². The number of rotatable bonds is 3. The number of aliphatic imine (C=N–C) groups is 1. The number of allylic oxidation sites excluding steroid dienone is 1. The lowest BCUT2D eigenvalue weighted by Crippen LogP contribution is -2.23. The average Bonchev–Trinajstić information content (AvgIpc) is 2.41. The highest BCUT2D eigenvalue weighted by atomic mass is 15.0. The summed E-state index contributed by atoms with van der Waals surface area (Å²) < 4.78 is 0. The first-order valence-electron chi connectivity index (χ1n) is 5.32. The van der Waals surface area contributed by atoms with Gasteiger partial charge in [0.05, 0.1) is 5.84 Å². The second-order valence-electron chi connectivity index (χ2n) is 3.42. The first-order chi connectivity index (χ1) is 6.43. The molecule has 2 nitrogen and oxygen atoms in total. The second-order valence-corrected chi connectivity index (χ2v) is 3.42. The summed E-state index contributed by atoms with van der Waals surface area (Å²) in [6.45, 7) is 4.11. The summed E-state index contributed by atoms with van der Waals surface area (Å²) in [6, 6.07) is 0. The Kier molecular flexibility index (Phi) is 5.30. The fraction of sp³-hybridized carbons (Fsp3) is 0.727. The van der Waals surface area contributed by atoms with E-state index in [1.165, 1.54) is 25.1 Å². The second kappa shape index (κ2) is 6.70. The molecule has 0 bridgehead atoms. The summed E-state index contributed by atoms with van der Waals surface area (Å²) >= 11 is 0. The van der Waals surface area contributed by atoms with Crippen LogP contribution in [0.15, 0.2) is 17.1 Å². The van der Waals surface area contributed by atoms with Crippen molar-refractivity contribution in [3.05, 3.63) is 12.2 Å². The maximum absolute atomic E-state index is 4.50. The van der Waals surface area contributed by atoms with Crippen molar-refractivity contribution in [1.29, 1.82) is 0 Å². The van der Waals surface area contributed by atoms with Crippen LogP contribution in [0.4, 0.5) is 0 Å². The molecule has 74 valence electrons. The van der Waals surface area contributed by atoms with Gasteiger partial charge in [-0.15, -0.1) is 0 Å². The van der Waals surface area contributed by atoms with E-state index in [9.17, 15) is 0 Å². The average molecular weight is 180 g/mol. The van der Waals surface area contributed by atoms with Gasteiger partial charge in [0.15, 0.2) is 0 Å². The highest BCUT2D eigenvalue weighted by molar-refractivity contribution is 5.82. The predicted octanol–water partition coefficient (Wildman–Crippen LogP) is 2.51. The standard InChI is InChI=1S/C11H20N2/c1-2-3-6-9-12-11-8-5-4-7-10-13-11/h2-3H,4-10H2,1H3,(H,12,13)/b3-2+. The molecule has 0 atom stereocenters. The largest absolute Gasteiger partial charge is 0.374 e. The molecule has 0 fully saturated rings. The zero-order chi connectivity index (χ0) is 9.36. The van der Waals surface area contributed by atoms with Gasteiger partial charge in [-0.25, -0.2) is 0 Å². The van der Waals surface area contributed by atoms with E-state index in [-0.39, 0.29) is 0 Å². The van der Waals surface area contributed by atoms with Crippen LogP contribution in [0, 0.1) is 0 Å². The van der Waals surface area contributed by atoms with E-state index in [4.69, 9.17) is 0 Å². The van der Waals surface area contributed by atoms with Crippen molar-refractivity contribution in [2.24, 2.45) is 4.99 Å². The molecular formula is C11H20N2. The van der Waals surface area contributed by atoms with Gasteiger partial charge in [0.25, 0.3) is 0 Å². The highest BCUT2D eigenvalue weighted by Crippen LogP contribution is 2.05. The van der Waals surface area contributed by atoms with Crippen LogP contribution >= 0.6 is 0 Å². The Morgan fingerprint density at radius 1 is 1.38 bits per heavy atom. The number of nitrogens with one attached hydrogen (secondary N) is 1. The molecule has 2 heteroatoms. The summed E-state index contributed by atoms with van der Waals surface area (Å²) in [5.74, 6) is 1.22. The van der Waals surface area contributed by atoms with E-state index in [2.05, 4.69) is 29.4 Å². The van der Waals surface area contributed by atoms with Crippen molar-refractivity contribution < 1.29 is 0 Å². The summed E-state index contributed by atoms with van der Waals surface area (Å²) in [4.78, 5) is 4.50. The third-order valence-corrected chi connectivity index (χ3v) is 2.25. The molecule has 1 N–H and O–H groups in total. The molecular weight excluding hydrogens is 160 g/mol. The van der Waals surface area contributed by atoms with Gasteiger partial charge in [0, 0.05) is 19.5 Å². The molecule has 0 spiro atoms. The minimum Gasteiger partial charge on any atom is -0.374 e. The van der Waals surface area contributed by atoms with Crippen LogP contribution in [0.1, 0.15) is 39.0 Å². The van der Waals surface area contributed by atoms with Crippen LogP contribution in [-0.2, 0) is 0 Å². The van der Waals surface area contributed by atoms with Gasteiger partial charge in [0.2, 0.25) is 0 Å². The van der Waals surface area contributed by atoms with Crippen molar-refractivity contribution in [3.8, 4) is 0 Å². The molecule has 0 aliphatic carbocycles. The van der Waals surface area contributed by atoms with E-state index >= 15 is 0 Å². The van der Waals surface area contributed by atoms with Crippen LogP contribution in [0.25, 0.3) is 0 Å². The van der Waals surface area contributed by atoms with Crippen molar-refractivity contribution in [2.75, 3.05) is 13.1 Å². The molecule has 1 aliphatic rings. The van der Waals surface area contributed by atoms with Gasteiger partial charge in [-0.2, -0.15) is 0 Å². The van der Waals surface area contributed by atoms with Crippen LogP contribution < -0.4 is 5.32 Å². The molecule has 1 aliphatic heterocycles. The van der Waals surface area contributed by atoms with Gasteiger partial charge in [-0.1, -0.05) is 18.6 Å². The minimum atomic E-state index is 1.02. The third-order valence-electron chi connectivity index (χ3n) is 2.25. The Balaban J connectivity index is 2.15. The molecule has 0 unspecified atom stereocenters. The fourth-order valence-corrected chi connectivity index (χ4v) is 1.48. The van der Waals surface area contributed by atoms with E-state index in [0.29, 0.717) is 0 Å². The first-order valence-corrected chi connectivity index (χ1v) is 5.32. The number of nitrogens with zero attached hydrogens (tertiary/aromatic N) is 1. The first kappa shape index (κ1) is 10.3. The van der Waals surface area contributed by atoms with E-state index in [1.54, 1.807) is 0 Å². The van der Waals surface area contributed by atoms with E-state index < -0.39 is 0 Å². The Morgan fingerprint density at radius 3 is 3.15 bits per heavy atom. The summed E-state index contributed by atoms with van der Waals surface area (Å²) in [6.07, 6.45) is 10.4. The number of hydrogen-bond acceptors (Lipinski definition) is 2. The monoisotopic (exact) mass is 180 g/mol. The Morgan fingerprint density at radius 2 is 2.31 bits per heavy atom. The summed E-state index contributed by atoms with van der Waals surface area (Å²) in [7, 11) is 0. The lowest BCUT2D eigenvalue weighted by molar-refractivity contribution is 0.728. The number of hydrogen-bond donors (Lipinski definition) is 1. The van der Waals surface area contributed by atoms with Crippen LogP contribution in [-0.4, -0.2) is 18.9 Å². The van der Waals surface area contributed by atoms with Crippen LogP contribution in [0.2, 0.25) is 0 Å². The van der Waals surface area contributed by atoms with Crippen molar-refractivity contribution in [3.63, 3.8) is 0 Å². The van der Waals surface area contributed by atoms with Gasteiger partial charge < -0.3 is 5.32 Å². The van der Waals surface area contributed by atoms with Gasteiger partial charge in [-0.3, -0.25) is 4.99 Å². The SMILES string of the molecule is C/C=C/CCNC1=NCCCCC1. The zero-order valence-electron chi connectivity index (χ0n) is 8.55. The van der Waals surface area contributed by atoms with Gasteiger partial charge in [0.1, 0.15) is 0 Å². The quantitative estimate of drug-likeness (QED) is 0.524. The lowest BCUT2D eigenvalue weighted by Gasteiger charge is -2.05. The van der Waals surface area contributed by atoms with Crippen molar-refractivity contribution in [1.82, 2.24) is 5.32 Å². The topological polar surface area (TPSA) is 24.4 Å². The molecule has 0 saturated heterocycles. The smallest absolute Gasteiger partial charge is 0.0963 e. The van der Waals surface area contributed by atoms with Gasteiger partial charge >= 0.3 is 0 Å². The molecule has 0 aromatic carbocycles. The maximum Gasteiger partial charge on any atom is 0.0963 e. The maximum atomic E-state index is 4.50. The third kappa shape index (κ3) is 4.71. The Bertz CT molecular complexity index is 183. The van der Waals surface area contributed by atoms with Crippen molar-refractivity contribution >= 4 is 5.84 Å². The molecule has 0 aromatic heterocycles. The molecule has 0 aromatic rings. The molecule has 1 heterocycles. The molecule has 0 radical (unpaired) electrons. The minimum absolute atomic E-state index is 1.02. The fourth-order valence-electron chi connectivity index (χ4n) is 1.48. The molecule has 0 amide bonds. The normalized spacial score (nSPS) is 18.4. The van der Waals surface area contributed by atoms with E-state index in [1.807, 2.05) is 0 Å². The van der Waals surface area contributed by atoms with Crippen molar-refractivity contribution in [2.45, 2.75) is 39.0 Å². The molecule has 13 heavy (non-hydrogen) atoms. The zero-order valence-corrected chi connectivity index (χ0v) is 8.55. The van der Waals surface area contributed by atoms with Crippen LogP contribution in [0.3, 0.4) is 0 Å². The summed E-state index contributed by atoms with van der Waals surface area (Å²) in [5.41, 5.74) is 0. The lowest BCUT2D eigenvalue weighted by atomic mass is 10.2. The highest BCUT2D eigenvalue weighted by Gasteiger charge is 2.01. The summed E-state index contributed by atoms with van der Waals surface area (Å²) in [5, 5.41) is 3.40. The molecule has 1 rings (SSSR count). The molecule has 0 saturated carbocycles. The Hall–Kier alpha value is -0.790. The van der Waals surface area contributed by atoms with E-state index in [0.717, 1.165) is 25.9 Å². The predicted molar refractivity (Wildman–Crippen MR) is 58.2 cm³/mol. The Labute approximate surface area is 81.1 Å². The number of amidine groups is 1.